The highest BCUT2D eigenvalue weighted by molar-refractivity contribution is 6.19. The summed E-state index contributed by atoms with van der Waals surface area (Å²) in [6.07, 6.45) is 0.892. The second-order valence-electron chi connectivity index (χ2n) is 6.09. The van der Waals surface area contributed by atoms with Gasteiger partial charge in [0.05, 0.1) is 33.5 Å². The highest BCUT2D eigenvalue weighted by atomic mass is 16.5. The first-order valence-electron chi connectivity index (χ1n) is 8.83. The molecule has 0 spiro atoms. The van der Waals surface area contributed by atoms with Gasteiger partial charge < -0.3 is 29.1 Å². The molecule has 3 rings (SSSR count). The second kappa shape index (κ2) is 8.12. The minimum atomic E-state index is -0.308. The van der Waals surface area contributed by atoms with Crippen molar-refractivity contribution in [3.63, 3.8) is 0 Å². The van der Waals surface area contributed by atoms with Crippen molar-refractivity contribution in [2.75, 3.05) is 33.7 Å². The highest BCUT2D eigenvalue weighted by Gasteiger charge is 2.24. The standard InChI is InChI=1S/C21H23NO6/c1-5-8-27-13-6-7-14-15(11-13)28-21(22)18(14)19(23)12-9-16(24-2)20(26-4)17(10-12)25-3/h6-7,9-11H,5,8,22H2,1-4H3. The fourth-order valence-electron chi connectivity index (χ4n) is 3.00. The highest BCUT2D eigenvalue weighted by Crippen LogP contribution is 2.40. The van der Waals surface area contributed by atoms with E-state index < -0.39 is 0 Å². The van der Waals surface area contributed by atoms with Gasteiger partial charge in [0.2, 0.25) is 11.6 Å². The summed E-state index contributed by atoms with van der Waals surface area (Å²) in [5.41, 5.74) is 7.14. The van der Waals surface area contributed by atoms with Crippen LogP contribution in [0.3, 0.4) is 0 Å². The molecular formula is C21H23NO6. The smallest absolute Gasteiger partial charge is 0.203 e. The number of nitrogens with two attached hydrogens (primary N) is 1. The van der Waals surface area contributed by atoms with Crippen LogP contribution in [-0.2, 0) is 0 Å². The molecule has 0 amide bonds. The Kier molecular flexibility index (Phi) is 5.63. The van der Waals surface area contributed by atoms with Gasteiger partial charge in [-0.3, -0.25) is 4.79 Å². The summed E-state index contributed by atoms with van der Waals surface area (Å²) in [5.74, 6) is 1.57. The van der Waals surface area contributed by atoms with E-state index in [1.54, 1.807) is 30.3 Å². The van der Waals surface area contributed by atoms with Crippen LogP contribution in [0.2, 0.25) is 0 Å². The van der Waals surface area contributed by atoms with Crippen LogP contribution in [0.4, 0.5) is 5.88 Å². The minimum absolute atomic E-state index is 0.0430. The molecule has 0 bridgehead atoms. The van der Waals surface area contributed by atoms with Crippen molar-refractivity contribution < 1.29 is 28.2 Å². The van der Waals surface area contributed by atoms with Crippen molar-refractivity contribution in [1.82, 2.24) is 0 Å². The van der Waals surface area contributed by atoms with Crippen LogP contribution >= 0.6 is 0 Å². The van der Waals surface area contributed by atoms with Crippen molar-refractivity contribution in [1.29, 1.82) is 0 Å². The minimum Gasteiger partial charge on any atom is -0.493 e. The Labute approximate surface area is 162 Å². The molecule has 3 aromatic rings. The van der Waals surface area contributed by atoms with Gasteiger partial charge in [0.25, 0.3) is 0 Å². The molecular weight excluding hydrogens is 362 g/mol. The van der Waals surface area contributed by atoms with Gasteiger partial charge in [0.15, 0.2) is 17.3 Å². The molecule has 148 valence electrons. The predicted octanol–water partition coefficient (Wildman–Crippen LogP) is 4.06. The van der Waals surface area contributed by atoms with Crippen LogP contribution in [0, 0.1) is 0 Å². The molecule has 0 aliphatic heterocycles. The van der Waals surface area contributed by atoms with E-state index in [1.807, 2.05) is 6.92 Å². The third-order valence-electron chi connectivity index (χ3n) is 4.32. The van der Waals surface area contributed by atoms with Crippen molar-refractivity contribution in [3.8, 4) is 23.0 Å². The summed E-state index contributed by atoms with van der Waals surface area (Å²) < 4.78 is 27.2. The van der Waals surface area contributed by atoms with E-state index >= 15 is 0 Å². The molecule has 0 fully saturated rings. The molecule has 0 saturated carbocycles. The van der Waals surface area contributed by atoms with Crippen molar-refractivity contribution >= 4 is 22.6 Å². The maximum absolute atomic E-state index is 13.2. The monoisotopic (exact) mass is 385 g/mol. The van der Waals surface area contributed by atoms with Gasteiger partial charge in [-0.2, -0.15) is 0 Å². The van der Waals surface area contributed by atoms with Crippen LogP contribution < -0.4 is 24.7 Å². The fourth-order valence-corrected chi connectivity index (χ4v) is 3.00. The van der Waals surface area contributed by atoms with E-state index in [9.17, 15) is 4.79 Å². The average Bonchev–Trinajstić information content (AvgIpc) is 3.05. The molecule has 1 aromatic heterocycles. The van der Waals surface area contributed by atoms with Gasteiger partial charge in [-0.1, -0.05) is 6.92 Å². The number of methoxy groups -OCH3 is 3. The number of ketones is 1. The van der Waals surface area contributed by atoms with Crippen LogP contribution in [0.1, 0.15) is 29.3 Å². The predicted molar refractivity (Wildman–Crippen MR) is 106 cm³/mol. The summed E-state index contributed by atoms with van der Waals surface area (Å²) in [5, 5.41) is 0.611. The summed E-state index contributed by atoms with van der Waals surface area (Å²) in [6.45, 7) is 2.62. The van der Waals surface area contributed by atoms with Gasteiger partial charge in [0, 0.05) is 17.0 Å². The Morgan fingerprint density at radius 2 is 1.71 bits per heavy atom. The van der Waals surface area contributed by atoms with Gasteiger partial charge in [-0.05, 0) is 30.7 Å². The zero-order valence-electron chi connectivity index (χ0n) is 16.3. The van der Waals surface area contributed by atoms with Gasteiger partial charge in [-0.25, -0.2) is 0 Å². The summed E-state index contributed by atoms with van der Waals surface area (Å²) >= 11 is 0. The topological polar surface area (TPSA) is 93.2 Å². The lowest BCUT2D eigenvalue weighted by Crippen LogP contribution is -2.05. The molecule has 0 aliphatic rings. The van der Waals surface area contributed by atoms with Gasteiger partial charge in [0.1, 0.15) is 11.3 Å². The first-order valence-corrected chi connectivity index (χ1v) is 8.83. The number of carbonyl (C=O) groups is 1. The summed E-state index contributed by atoms with van der Waals surface area (Å²) in [4.78, 5) is 13.2. The number of benzene rings is 2. The van der Waals surface area contributed by atoms with E-state index in [1.165, 1.54) is 21.3 Å². The van der Waals surface area contributed by atoms with Crippen LogP contribution in [0.15, 0.2) is 34.7 Å². The molecule has 2 aromatic carbocycles. The van der Waals surface area contributed by atoms with Crippen LogP contribution in [-0.4, -0.2) is 33.7 Å². The van der Waals surface area contributed by atoms with Crippen molar-refractivity contribution in [2.24, 2.45) is 0 Å². The number of anilines is 1. The first kappa shape index (κ1) is 19.4. The first-order chi connectivity index (χ1) is 13.5. The van der Waals surface area contributed by atoms with Crippen molar-refractivity contribution in [3.05, 3.63) is 41.5 Å². The second-order valence-corrected chi connectivity index (χ2v) is 6.09. The fraction of sp³-hybridized carbons (Fsp3) is 0.286. The number of furan rings is 1. The largest absolute Gasteiger partial charge is 0.493 e. The normalized spacial score (nSPS) is 10.7. The molecule has 0 aliphatic carbocycles. The maximum Gasteiger partial charge on any atom is 0.203 e. The summed E-state index contributed by atoms with van der Waals surface area (Å²) in [6, 6.07) is 8.46. The molecule has 0 radical (unpaired) electrons. The number of rotatable bonds is 8. The Morgan fingerprint density at radius 1 is 1.04 bits per heavy atom. The van der Waals surface area contributed by atoms with Gasteiger partial charge in [-0.15, -0.1) is 0 Å². The molecule has 0 unspecified atom stereocenters. The van der Waals surface area contributed by atoms with E-state index in [0.717, 1.165) is 6.42 Å². The maximum atomic E-state index is 13.2. The lowest BCUT2D eigenvalue weighted by atomic mass is 10.0. The number of hydrogen-bond donors (Lipinski definition) is 1. The number of carbonyl (C=O) groups excluding carboxylic acids is 1. The number of nitrogen functional groups attached to an aromatic ring is 1. The third kappa shape index (κ3) is 3.43. The van der Waals surface area contributed by atoms with E-state index in [4.69, 9.17) is 29.1 Å². The Morgan fingerprint density at radius 3 is 2.29 bits per heavy atom. The molecule has 2 N–H and O–H groups in total. The molecule has 0 atom stereocenters. The van der Waals surface area contributed by atoms with E-state index in [2.05, 4.69) is 0 Å². The van der Waals surface area contributed by atoms with Gasteiger partial charge >= 0.3 is 0 Å². The quantitative estimate of drug-likeness (QED) is 0.584. The molecule has 1 heterocycles. The van der Waals surface area contributed by atoms with E-state index in [-0.39, 0.29) is 17.2 Å². The zero-order valence-corrected chi connectivity index (χ0v) is 16.3. The number of fused-ring (bicyclic) bond motifs is 1. The molecule has 0 saturated heterocycles. The Bertz CT molecular complexity index is 983. The van der Waals surface area contributed by atoms with Crippen LogP contribution in [0.25, 0.3) is 11.0 Å². The molecule has 28 heavy (non-hydrogen) atoms. The zero-order chi connectivity index (χ0) is 20.3. The summed E-state index contributed by atoms with van der Waals surface area (Å²) in [7, 11) is 4.48. The SMILES string of the molecule is CCCOc1ccc2c(C(=O)c3cc(OC)c(OC)c(OC)c3)c(N)oc2c1. The number of ether oxygens (including phenoxy) is 4. The Hall–Kier alpha value is -3.35. The average molecular weight is 385 g/mol. The van der Waals surface area contributed by atoms with Crippen molar-refractivity contribution in [2.45, 2.75) is 13.3 Å². The Balaban J connectivity index is 2.07. The molecule has 7 heteroatoms. The molecule has 7 nitrogen and oxygen atoms in total. The number of hydrogen-bond acceptors (Lipinski definition) is 7. The van der Waals surface area contributed by atoms with E-state index in [0.29, 0.717) is 46.1 Å². The lowest BCUT2D eigenvalue weighted by molar-refractivity contribution is 0.103. The lowest BCUT2D eigenvalue weighted by Gasteiger charge is -2.13. The van der Waals surface area contributed by atoms with Crippen LogP contribution in [0.5, 0.6) is 23.0 Å². The third-order valence-corrected chi connectivity index (χ3v) is 4.32.